The van der Waals surface area contributed by atoms with Crippen LogP contribution in [0.25, 0.3) is 0 Å². The van der Waals surface area contributed by atoms with E-state index in [9.17, 15) is 5.11 Å². The Hall–Kier alpha value is -1.36. The number of benzene rings is 1. The number of piperazine rings is 1. The van der Waals surface area contributed by atoms with E-state index in [0.717, 1.165) is 37.3 Å². The lowest BCUT2D eigenvalue weighted by atomic mass is 10.00. The van der Waals surface area contributed by atoms with Crippen LogP contribution in [0, 0.1) is 6.92 Å². The molecule has 4 heteroatoms. The molecule has 1 aliphatic rings. The van der Waals surface area contributed by atoms with E-state index < -0.39 is 0 Å². The van der Waals surface area contributed by atoms with Gasteiger partial charge in [-0.1, -0.05) is 18.2 Å². The lowest BCUT2D eigenvalue weighted by Gasteiger charge is -2.35. The molecule has 1 fully saturated rings. The minimum absolute atomic E-state index is 0.165. The van der Waals surface area contributed by atoms with Crippen LogP contribution in [0.4, 0.5) is 0 Å². The van der Waals surface area contributed by atoms with Crippen molar-refractivity contribution in [3.05, 3.63) is 51.7 Å². The summed E-state index contributed by atoms with van der Waals surface area (Å²) in [4.78, 5) is 3.75. The highest BCUT2D eigenvalue weighted by atomic mass is 32.1. The highest BCUT2D eigenvalue weighted by Crippen LogP contribution is 2.36. The average Bonchev–Trinajstić information content (AvgIpc) is 2.97. The fourth-order valence-corrected chi connectivity index (χ4v) is 3.68. The number of phenolic OH excluding ortho intramolecular Hbond substituents is 1. The zero-order chi connectivity index (χ0) is 13.9. The van der Waals surface area contributed by atoms with Crippen molar-refractivity contribution in [2.45, 2.75) is 13.0 Å². The Morgan fingerprint density at radius 3 is 2.70 bits per heavy atom. The molecule has 3 rings (SSSR count). The van der Waals surface area contributed by atoms with Crippen LogP contribution in [-0.2, 0) is 0 Å². The van der Waals surface area contributed by atoms with Crippen molar-refractivity contribution in [3.63, 3.8) is 0 Å². The van der Waals surface area contributed by atoms with E-state index >= 15 is 0 Å². The molecular weight excluding hydrogens is 268 g/mol. The maximum atomic E-state index is 10.4. The molecule has 0 radical (unpaired) electrons. The summed E-state index contributed by atoms with van der Waals surface area (Å²) in [6.07, 6.45) is 0. The van der Waals surface area contributed by atoms with E-state index in [4.69, 9.17) is 0 Å². The van der Waals surface area contributed by atoms with E-state index in [0.29, 0.717) is 5.75 Å². The van der Waals surface area contributed by atoms with Crippen molar-refractivity contribution in [1.29, 1.82) is 0 Å². The van der Waals surface area contributed by atoms with Crippen molar-refractivity contribution in [3.8, 4) is 5.75 Å². The molecule has 2 aromatic rings. The lowest BCUT2D eigenvalue weighted by Crippen LogP contribution is -2.45. The molecule has 2 heterocycles. The number of aryl methyl sites for hydroxylation is 1. The largest absolute Gasteiger partial charge is 0.508 e. The van der Waals surface area contributed by atoms with Crippen molar-refractivity contribution in [2.24, 2.45) is 0 Å². The standard InChI is InChI=1S/C16H20N2OS/c1-12-4-5-13(14(19)11-12)16(15-3-2-10-20-15)18-8-6-17-7-9-18/h2-5,10-11,16-17,19H,6-9H2,1H3/t16-/m0/s1. The molecular formula is C16H20N2OS. The van der Waals surface area contributed by atoms with Crippen LogP contribution in [0.3, 0.4) is 0 Å². The number of hydrogen-bond donors (Lipinski definition) is 2. The van der Waals surface area contributed by atoms with Gasteiger partial charge in [0.2, 0.25) is 0 Å². The third-order valence-electron chi connectivity index (χ3n) is 3.81. The fraction of sp³-hybridized carbons (Fsp3) is 0.375. The van der Waals surface area contributed by atoms with Crippen molar-refractivity contribution in [2.75, 3.05) is 26.2 Å². The second-order valence-corrected chi connectivity index (χ2v) is 6.25. The molecule has 1 aromatic carbocycles. The average molecular weight is 288 g/mol. The minimum atomic E-state index is 0.165. The Bertz CT molecular complexity index is 562. The summed E-state index contributed by atoms with van der Waals surface area (Å²) in [6, 6.07) is 10.4. The van der Waals surface area contributed by atoms with Gasteiger partial charge in [-0.2, -0.15) is 0 Å². The molecule has 20 heavy (non-hydrogen) atoms. The zero-order valence-corrected chi connectivity index (χ0v) is 12.5. The number of rotatable bonds is 3. The Labute approximate surface area is 123 Å². The summed E-state index contributed by atoms with van der Waals surface area (Å²) < 4.78 is 0. The molecule has 1 saturated heterocycles. The van der Waals surface area contributed by atoms with Crippen LogP contribution in [0.15, 0.2) is 35.7 Å². The molecule has 1 atom stereocenters. The molecule has 0 unspecified atom stereocenters. The van der Waals surface area contributed by atoms with Crippen LogP contribution in [0.2, 0.25) is 0 Å². The van der Waals surface area contributed by atoms with E-state index in [1.807, 2.05) is 13.0 Å². The quantitative estimate of drug-likeness (QED) is 0.911. The highest BCUT2D eigenvalue weighted by Gasteiger charge is 2.26. The highest BCUT2D eigenvalue weighted by molar-refractivity contribution is 7.10. The molecule has 0 bridgehead atoms. The second-order valence-electron chi connectivity index (χ2n) is 5.27. The monoisotopic (exact) mass is 288 g/mol. The van der Waals surface area contributed by atoms with Gasteiger partial charge in [0, 0.05) is 36.6 Å². The van der Waals surface area contributed by atoms with Gasteiger partial charge >= 0.3 is 0 Å². The first-order chi connectivity index (χ1) is 9.75. The fourth-order valence-electron chi connectivity index (χ4n) is 2.80. The third kappa shape index (κ3) is 2.73. The SMILES string of the molecule is Cc1ccc([C@@H](c2cccs2)N2CCNCC2)c(O)c1. The van der Waals surface area contributed by atoms with E-state index in [2.05, 4.69) is 39.9 Å². The van der Waals surface area contributed by atoms with Crippen LogP contribution in [0.5, 0.6) is 5.75 Å². The minimum Gasteiger partial charge on any atom is -0.508 e. The first-order valence-corrected chi connectivity index (χ1v) is 7.91. The van der Waals surface area contributed by atoms with Crippen molar-refractivity contribution in [1.82, 2.24) is 10.2 Å². The third-order valence-corrected chi connectivity index (χ3v) is 4.73. The van der Waals surface area contributed by atoms with Crippen molar-refractivity contribution >= 4 is 11.3 Å². The van der Waals surface area contributed by atoms with Crippen LogP contribution in [-0.4, -0.2) is 36.2 Å². The molecule has 3 nitrogen and oxygen atoms in total. The summed E-state index contributed by atoms with van der Waals surface area (Å²) in [5.41, 5.74) is 2.11. The first kappa shape index (κ1) is 13.6. The van der Waals surface area contributed by atoms with Gasteiger partial charge in [0.1, 0.15) is 5.75 Å². The van der Waals surface area contributed by atoms with Gasteiger partial charge in [-0.25, -0.2) is 0 Å². The zero-order valence-electron chi connectivity index (χ0n) is 11.7. The molecule has 1 aromatic heterocycles. The number of hydrogen-bond acceptors (Lipinski definition) is 4. The van der Waals surface area contributed by atoms with Gasteiger partial charge in [-0.15, -0.1) is 11.3 Å². The topological polar surface area (TPSA) is 35.5 Å². The Morgan fingerprint density at radius 2 is 2.05 bits per heavy atom. The summed E-state index contributed by atoms with van der Waals surface area (Å²) >= 11 is 1.76. The summed E-state index contributed by atoms with van der Waals surface area (Å²) in [5, 5.41) is 15.8. The maximum Gasteiger partial charge on any atom is 0.121 e. The molecule has 0 aliphatic carbocycles. The molecule has 0 saturated carbocycles. The molecule has 0 spiro atoms. The number of aromatic hydroxyl groups is 1. The number of nitrogens with zero attached hydrogens (tertiary/aromatic N) is 1. The van der Waals surface area contributed by atoms with Gasteiger partial charge in [-0.3, -0.25) is 4.90 Å². The van der Waals surface area contributed by atoms with E-state index in [1.54, 1.807) is 11.3 Å². The van der Waals surface area contributed by atoms with Crippen LogP contribution >= 0.6 is 11.3 Å². The van der Waals surface area contributed by atoms with Crippen LogP contribution in [0.1, 0.15) is 22.0 Å². The van der Waals surface area contributed by atoms with Gasteiger partial charge in [-0.05, 0) is 30.0 Å². The number of thiophene rings is 1. The predicted molar refractivity (Wildman–Crippen MR) is 83.4 cm³/mol. The van der Waals surface area contributed by atoms with Gasteiger partial charge in [0.15, 0.2) is 0 Å². The summed E-state index contributed by atoms with van der Waals surface area (Å²) in [7, 11) is 0. The molecule has 106 valence electrons. The Morgan fingerprint density at radius 1 is 1.25 bits per heavy atom. The Balaban J connectivity index is 2.00. The molecule has 2 N–H and O–H groups in total. The van der Waals surface area contributed by atoms with Gasteiger partial charge in [0.05, 0.1) is 6.04 Å². The Kier molecular flexibility index (Phi) is 4.05. The molecule has 1 aliphatic heterocycles. The van der Waals surface area contributed by atoms with Gasteiger partial charge in [0.25, 0.3) is 0 Å². The first-order valence-electron chi connectivity index (χ1n) is 7.03. The predicted octanol–water partition coefficient (Wildman–Crippen LogP) is 2.76. The summed E-state index contributed by atoms with van der Waals surface area (Å²) in [6.45, 7) is 6.04. The van der Waals surface area contributed by atoms with Gasteiger partial charge < -0.3 is 10.4 Å². The number of phenols is 1. The number of nitrogens with one attached hydrogen (secondary N) is 1. The van der Waals surface area contributed by atoms with E-state index in [-0.39, 0.29) is 6.04 Å². The smallest absolute Gasteiger partial charge is 0.121 e. The van der Waals surface area contributed by atoms with E-state index in [1.165, 1.54) is 4.88 Å². The lowest BCUT2D eigenvalue weighted by molar-refractivity contribution is 0.198. The molecule has 0 amide bonds. The maximum absolute atomic E-state index is 10.4. The van der Waals surface area contributed by atoms with Crippen molar-refractivity contribution < 1.29 is 5.11 Å². The van der Waals surface area contributed by atoms with Crippen LogP contribution < -0.4 is 5.32 Å². The second kappa shape index (κ2) is 5.95. The normalized spacial score (nSPS) is 18.1. The summed E-state index contributed by atoms with van der Waals surface area (Å²) in [5.74, 6) is 0.405.